The van der Waals surface area contributed by atoms with Crippen LogP contribution in [0.5, 0.6) is 5.75 Å². The van der Waals surface area contributed by atoms with Gasteiger partial charge in [-0.05, 0) is 101 Å². The molecule has 1 saturated carbocycles. The Kier molecular flexibility index (Phi) is 4.97. The molecular formula is C31H25FN2OS. The first-order valence-corrected chi connectivity index (χ1v) is 13.2. The molecule has 0 unspecified atom stereocenters. The van der Waals surface area contributed by atoms with E-state index in [9.17, 15) is 4.39 Å². The maximum absolute atomic E-state index is 14.8. The molecular weight excluding hydrogens is 467 g/mol. The van der Waals surface area contributed by atoms with E-state index in [0.29, 0.717) is 5.56 Å². The molecule has 36 heavy (non-hydrogen) atoms. The van der Waals surface area contributed by atoms with Gasteiger partial charge in [-0.15, -0.1) is 11.3 Å². The van der Waals surface area contributed by atoms with Crippen molar-refractivity contribution in [1.82, 2.24) is 9.97 Å². The first-order chi connectivity index (χ1) is 17.6. The monoisotopic (exact) mass is 492 g/mol. The van der Waals surface area contributed by atoms with E-state index in [0.717, 1.165) is 67.4 Å². The van der Waals surface area contributed by atoms with Crippen LogP contribution in [-0.4, -0.2) is 9.97 Å². The van der Waals surface area contributed by atoms with Gasteiger partial charge >= 0.3 is 0 Å². The molecule has 178 valence electrons. The summed E-state index contributed by atoms with van der Waals surface area (Å²) in [5.74, 6) is 2.94. The standard InChI is InChI=1S/C31H25FN2OS/c1-17-26-15-21-14-23(4-5-25(21)29(17)26)35-16-22-13-20(3-7-27(22)32)24-6-8-28-30(18(24)2)36-31(34-28)19-9-11-33-12-10-19/h3-14,17,26,29H,15-16H2,1-2H3/t17-,26-,29-/m0/s1. The van der Waals surface area contributed by atoms with Crippen LogP contribution in [0.15, 0.2) is 73.1 Å². The van der Waals surface area contributed by atoms with E-state index < -0.39 is 0 Å². The fraction of sp³-hybridized carbons (Fsp3) is 0.226. The number of halogens is 1. The van der Waals surface area contributed by atoms with E-state index in [1.165, 1.54) is 11.1 Å². The van der Waals surface area contributed by atoms with Crippen molar-refractivity contribution in [3.63, 3.8) is 0 Å². The van der Waals surface area contributed by atoms with E-state index in [-0.39, 0.29) is 12.4 Å². The first kappa shape index (κ1) is 21.7. The Morgan fingerprint density at radius 3 is 2.72 bits per heavy atom. The number of fused-ring (bicyclic) bond motifs is 4. The van der Waals surface area contributed by atoms with Crippen LogP contribution >= 0.6 is 11.3 Å². The van der Waals surface area contributed by atoms with Crippen molar-refractivity contribution in [2.24, 2.45) is 11.8 Å². The normalized spacial score (nSPS) is 19.8. The Hall–Kier alpha value is -3.57. The molecule has 2 aliphatic rings. The maximum atomic E-state index is 14.8. The first-order valence-electron chi connectivity index (χ1n) is 12.4. The highest BCUT2D eigenvalue weighted by atomic mass is 32.1. The minimum Gasteiger partial charge on any atom is -0.489 e. The summed E-state index contributed by atoms with van der Waals surface area (Å²) in [6.07, 6.45) is 4.71. The van der Waals surface area contributed by atoms with Crippen LogP contribution in [0.2, 0.25) is 0 Å². The Bertz CT molecular complexity index is 1630. The lowest BCUT2D eigenvalue weighted by molar-refractivity contribution is 0.299. The van der Waals surface area contributed by atoms with Crippen LogP contribution in [0.25, 0.3) is 31.9 Å². The lowest BCUT2D eigenvalue weighted by Crippen LogP contribution is -2.00. The molecule has 3 aromatic carbocycles. The quantitative estimate of drug-likeness (QED) is 0.250. The number of aromatic nitrogens is 2. The van der Waals surface area contributed by atoms with Crippen LogP contribution in [0.3, 0.4) is 0 Å². The highest BCUT2D eigenvalue weighted by molar-refractivity contribution is 7.21. The molecule has 3 atom stereocenters. The highest BCUT2D eigenvalue weighted by Gasteiger charge is 2.52. The third-order valence-electron chi connectivity index (χ3n) is 7.98. The molecule has 2 heterocycles. The minimum absolute atomic E-state index is 0.204. The largest absolute Gasteiger partial charge is 0.489 e. The summed E-state index contributed by atoms with van der Waals surface area (Å²) in [5, 5.41) is 0.974. The molecule has 0 radical (unpaired) electrons. The smallest absolute Gasteiger partial charge is 0.129 e. The van der Waals surface area contributed by atoms with Crippen molar-refractivity contribution >= 4 is 21.6 Å². The van der Waals surface area contributed by atoms with Crippen LogP contribution in [0.1, 0.15) is 35.1 Å². The molecule has 0 bridgehead atoms. The summed E-state index contributed by atoms with van der Waals surface area (Å²) < 4.78 is 22.0. The molecule has 0 aliphatic heterocycles. The maximum Gasteiger partial charge on any atom is 0.129 e. The van der Waals surface area contributed by atoms with Gasteiger partial charge in [0, 0.05) is 23.5 Å². The number of pyridine rings is 1. The number of rotatable bonds is 5. The van der Waals surface area contributed by atoms with Crippen LogP contribution in [0.4, 0.5) is 4.39 Å². The van der Waals surface area contributed by atoms with Crippen molar-refractivity contribution in [3.05, 3.63) is 101 Å². The Labute approximate surface area is 213 Å². The molecule has 3 nitrogen and oxygen atoms in total. The van der Waals surface area contributed by atoms with E-state index in [1.807, 2.05) is 36.4 Å². The number of benzene rings is 3. The molecule has 2 aromatic heterocycles. The predicted molar refractivity (Wildman–Crippen MR) is 143 cm³/mol. The van der Waals surface area contributed by atoms with Crippen LogP contribution in [0, 0.1) is 24.6 Å². The van der Waals surface area contributed by atoms with Crippen molar-refractivity contribution in [3.8, 4) is 27.4 Å². The van der Waals surface area contributed by atoms with E-state index in [4.69, 9.17) is 9.72 Å². The van der Waals surface area contributed by atoms with Gasteiger partial charge in [0.25, 0.3) is 0 Å². The fourth-order valence-electron chi connectivity index (χ4n) is 5.87. The molecule has 2 aliphatic carbocycles. The van der Waals surface area contributed by atoms with E-state index in [2.05, 4.69) is 37.0 Å². The summed E-state index contributed by atoms with van der Waals surface area (Å²) >= 11 is 1.68. The SMILES string of the molecule is Cc1c(-c2ccc(F)c(COc3ccc4c(c3)C[C@H]3[C@H](C)[C@@H]43)c2)ccc2nc(-c3ccncc3)sc12. The van der Waals surface area contributed by atoms with Gasteiger partial charge in [-0.3, -0.25) is 4.98 Å². The summed E-state index contributed by atoms with van der Waals surface area (Å²) in [6.45, 7) is 4.66. The zero-order chi connectivity index (χ0) is 24.4. The molecule has 1 fully saturated rings. The third kappa shape index (κ3) is 3.53. The summed E-state index contributed by atoms with van der Waals surface area (Å²) in [7, 11) is 0. The van der Waals surface area contributed by atoms with Crippen molar-refractivity contribution < 1.29 is 9.13 Å². The third-order valence-corrected chi connectivity index (χ3v) is 9.22. The average molecular weight is 493 g/mol. The Balaban J connectivity index is 1.16. The molecule has 0 saturated heterocycles. The lowest BCUT2D eigenvalue weighted by Gasteiger charge is -2.13. The number of ether oxygens (including phenoxy) is 1. The highest BCUT2D eigenvalue weighted by Crippen LogP contribution is 2.61. The minimum atomic E-state index is -0.244. The molecule has 0 N–H and O–H groups in total. The second kappa shape index (κ2) is 8.24. The zero-order valence-corrected chi connectivity index (χ0v) is 21.0. The number of hydrogen-bond donors (Lipinski definition) is 0. The predicted octanol–water partition coefficient (Wildman–Crippen LogP) is 7.96. The van der Waals surface area contributed by atoms with Crippen molar-refractivity contribution in [2.75, 3.05) is 0 Å². The van der Waals surface area contributed by atoms with Crippen LogP contribution < -0.4 is 4.74 Å². The number of aryl methyl sites for hydroxylation is 1. The van der Waals surface area contributed by atoms with Gasteiger partial charge in [-0.2, -0.15) is 0 Å². The second-order valence-electron chi connectivity index (χ2n) is 10.0. The average Bonchev–Trinajstić information content (AvgIpc) is 3.24. The van der Waals surface area contributed by atoms with E-state index >= 15 is 0 Å². The molecule has 0 amide bonds. The van der Waals surface area contributed by atoms with Gasteiger partial charge in [0.2, 0.25) is 0 Å². The Morgan fingerprint density at radius 2 is 1.86 bits per heavy atom. The van der Waals surface area contributed by atoms with Gasteiger partial charge < -0.3 is 4.74 Å². The summed E-state index contributed by atoms with van der Waals surface area (Å²) in [5.41, 5.74) is 8.69. The summed E-state index contributed by atoms with van der Waals surface area (Å²) in [4.78, 5) is 8.92. The molecule has 0 spiro atoms. The number of thiazole rings is 1. The number of nitrogens with zero attached hydrogens (tertiary/aromatic N) is 2. The van der Waals surface area contributed by atoms with Gasteiger partial charge in [0.05, 0.1) is 10.2 Å². The second-order valence-corrected chi connectivity index (χ2v) is 11.0. The Morgan fingerprint density at radius 1 is 1.00 bits per heavy atom. The summed E-state index contributed by atoms with van der Waals surface area (Å²) in [6, 6.07) is 19.8. The van der Waals surface area contributed by atoms with E-state index in [1.54, 1.807) is 29.8 Å². The lowest BCUT2D eigenvalue weighted by atomic mass is 9.98. The molecule has 5 heteroatoms. The zero-order valence-electron chi connectivity index (χ0n) is 20.2. The molecule has 5 aromatic rings. The molecule has 7 rings (SSSR count). The van der Waals surface area contributed by atoms with Crippen molar-refractivity contribution in [1.29, 1.82) is 0 Å². The van der Waals surface area contributed by atoms with Gasteiger partial charge in [-0.25, -0.2) is 9.37 Å². The van der Waals surface area contributed by atoms with Gasteiger partial charge in [-0.1, -0.05) is 25.1 Å². The number of hydrogen-bond acceptors (Lipinski definition) is 4. The van der Waals surface area contributed by atoms with Crippen LogP contribution in [-0.2, 0) is 13.0 Å². The van der Waals surface area contributed by atoms with Gasteiger partial charge in [0.1, 0.15) is 23.2 Å². The topological polar surface area (TPSA) is 35.0 Å². The fourth-order valence-corrected chi connectivity index (χ4v) is 6.94. The van der Waals surface area contributed by atoms with Gasteiger partial charge in [0.15, 0.2) is 0 Å². The van der Waals surface area contributed by atoms with Crippen molar-refractivity contribution in [2.45, 2.75) is 32.8 Å².